The van der Waals surface area contributed by atoms with Crippen LogP contribution in [0.4, 0.5) is 5.69 Å². The van der Waals surface area contributed by atoms with Crippen LogP contribution in [0.3, 0.4) is 0 Å². The van der Waals surface area contributed by atoms with Gasteiger partial charge in [-0.3, -0.25) is 9.10 Å². The molecule has 0 spiro atoms. The number of rotatable bonds is 10. The molecule has 0 fully saturated rings. The van der Waals surface area contributed by atoms with E-state index in [4.69, 9.17) is 21.1 Å². The van der Waals surface area contributed by atoms with E-state index in [-0.39, 0.29) is 29.0 Å². The van der Waals surface area contributed by atoms with Crippen molar-refractivity contribution in [1.29, 1.82) is 0 Å². The summed E-state index contributed by atoms with van der Waals surface area (Å²) in [6, 6.07) is 19.8. The minimum absolute atomic E-state index is 0.0468. The number of sulfonamides is 1. The molecule has 0 atom stereocenters. The Bertz CT molecular complexity index is 1220. The molecule has 3 aromatic rings. The average Bonchev–Trinajstić information content (AvgIpc) is 2.82. The van der Waals surface area contributed by atoms with E-state index in [2.05, 4.69) is 5.32 Å². The zero-order valence-electron chi connectivity index (χ0n) is 19.2. The van der Waals surface area contributed by atoms with Crippen molar-refractivity contribution in [3.8, 4) is 11.5 Å². The largest absolute Gasteiger partial charge is 0.495 e. The second-order valence-electron chi connectivity index (χ2n) is 7.73. The zero-order chi connectivity index (χ0) is 24.7. The summed E-state index contributed by atoms with van der Waals surface area (Å²) < 4.78 is 38.9. The molecule has 0 bridgehead atoms. The minimum atomic E-state index is -4.08. The fourth-order valence-corrected chi connectivity index (χ4v) is 4.83. The van der Waals surface area contributed by atoms with Gasteiger partial charge < -0.3 is 14.8 Å². The molecule has 0 unspecified atom stereocenters. The Balaban J connectivity index is 1.83. The van der Waals surface area contributed by atoms with Crippen LogP contribution < -0.4 is 19.1 Å². The Hall–Kier alpha value is -3.23. The lowest BCUT2D eigenvalue weighted by molar-refractivity contribution is -0.119. The number of anilines is 1. The van der Waals surface area contributed by atoms with E-state index in [0.29, 0.717) is 5.02 Å². The van der Waals surface area contributed by atoms with Crippen LogP contribution in [0.1, 0.15) is 19.4 Å². The summed E-state index contributed by atoms with van der Waals surface area (Å²) in [4.78, 5) is 12.9. The van der Waals surface area contributed by atoms with Crippen LogP contribution in [0.5, 0.6) is 11.5 Å². The Morgan fingerprint density at radius 1 is 1.03 bits per heavy atom. The van der Waals surface area contributed by atoms with Crippen molar-refractivity contribution >= 4 is 33.2 Å². The molecule has 0 aromatic heterocycles. The predicted octanol–water partition coefficient (Wildman–Crippen LogP) is 4.65. The van der Waals surface area contributed by atoms with Gasteiger partial charge in [-0.1, -0.05) is 41.9 Å². The quantitative estimate of drug-likeness (QED) is 0.436. The van der Waals surface area contributed by atoms with E-state index in [1.165, 1.54) is 25.3 Å². The highest BCUT2D eigenvalue weighted by molar-refractivity contribution is 7.92. The SMILES string of the molecule is COc1ccc(Cl)cc1N(CC(=O)NCc1ccc(OC(C)C)cc1)S(=O)(=O)c1ccccc1. The molecule has 9 heteroatoms. The van der Waals surface area contributed by atoms with Gasteiger partial charge in [0.05, 0.1) is 23.8 Å². The molecule has 1 N–H and O–H groups in total. The maximum atomic E-state index is 13.5. The third-order valence-corrected chi connectivity index (χ3v) is 6.82. The van der Waals surface area contributed by atoms with Crippen LogP contribution in [-0.4, -0.2) is 34.1 Å². The molecule has 0 aliphatic heterocycles. The lowest BCUT2D eigenvalue weighted by atomic mass is 10.2. The maximum Gasteiger partial charge on any atom is 0.264 e. The zero-order valence-corrected chi connectivity index (χ0v) is 20.8. The van der Waals surface area contributed by atoms with E-state index in [9.17, 15) is 13.2 Å². The summed E-state index contributed by atoms with van der Waals surface area (Å²) in [5, 5.41) is 3.09. The standard InChI is InChI=1S/C25H27ClN2O5S/c1-18(2)33-21-12-9-19(10-13-21)16-27-25(29)17-28(23-15-20(26)11-14-24(23)32-3)34(30,31)22-7-5-4-6-8-22/h4-15,18H,16-17H2,1-3H3,(H,27,29). The number of hydrogen-bond acceptors (Lipinski definition) is 5. The lowest BCUT2D eigenvalue weighted by Gasteiger charge is -2.26. The Morgan fingerprint density at radius 2 is 1.71 bits per heavy atom. The van der Waals surface area contributed by atoms with Crippen molar-refractivity contribution in [3.05, 3.63) is 83.4 Å². The van der Waals surface area contributed by atoms with Gasteiger partial charge in [0.2, 0.25) is 5.91 Å². The van der Waals surface area contributed by atoms with Crippen LogP contribution >= 0.6 is 11.6 Å². The van der Waals surface area contributed by atoms with Gasteiger partial charge in [0.1, 0.15) is 18.0 Å². The van der Waals surface area contributed by atoms with Crippen molar-refractivity contribution < 1.29 is 22.7 Å². The van der Waals surface area contributed by atoms with Crippen LogP contribution in [-0.2, 0) is 21.4 Å². The third kappa shape index (κ3) is 6.42. The van der Waals surface area contributed by atoms with Gasteiger partial charge in [-0.05, 0) is 61.9 Å². The Labute approximate surface area is 205 Å². The first-order valence-corrected chi connectivity index (χ1v) is 12.5. The van der Waals surface area contributed by atoms with Crippen molar-refractivity contribution in [2.75, 3.05) is 18.0 Å². The van der Waals surface area contributed by atoms with Gasteiger partial charge in [-0.2, -0.15) is 0 Å². The summed E-state index contributed by atoms with van der Waals surface area (Å²) >= 11 is 6.15. The molecular formula is C25H27ClN2O5S. The second-order valence-corrected chi connectivity index (χ2v) is 10.0. The molecule has 0 aliphatic rings. The highest BCUT2D eigenvalue weighted by Crippen LogP contribution is 2.34. The van der Waals surface area contributed by atoms with Crippen molar-refractivity contribution in [2.24, 2.45) is 0 Å². The van der Waals surface area contributed by atoms with E-state index < -0.39 is 22.5 Å². The number of methoxy groups -OCH3 is 1. The molecule has 0 saturated heterocycles. The summed E-state index contributed by atoms with van der Waals surface area (Å²) in [5.41, 5.74) is 1.02. The van der Waals surface area contributed by atoms with Gasteiger partial charge in [-0.15, -0.1) is 0 Å². The average molecular weight is 503 g/mol. The summed E-state index contributed by atoms with van der Waals surface area (Å²) in [7, 11) is -2.66. The van der Waals surface area contributed by atoms with Crippen molar-refractivity contribution in [1.82, 2.24) is 5.32 Å². The minimum Gasteiger partial charge on any atom is -0.495 e. The number of halogens is 1. The van der Waals surface area contributed by atoms with Gasteiger partial charge >= 0.3 is 0 Å². The van der Waals surface area contributed by atoms with Crippen molar-refractivity contribution in [3.63, 3.8) is 0 Å². The number of nitrogens with zero attached hydrogens (tertiary/aromatic N) is 1. The second kappa shape index (κ2) is 11.3. The first-order chi connectivity index (χ1) is 16.2. The Kier molecular flexibility index (Phi) is 8.41. The maximum absolute atomic E-state index is 13.5. The van der Waals surface area contributed by atoms with E-state index in [1.807, 2.05) is 38.1 Å². The number of nitrogens with one attached hydrogen (secondary N) is 1. The topological polar surface area (TPSA) is 84.9 Å². The first-order valence-electron chi connectivity index (χ1n) is 10.6. The normalized spacial score (nSPS) is 11.2. The van der Waals surface area contributed by atoms with Gasteiger partial charge in [0, 0.05) is 11.6 Å². The molecule has 3 aromatic carbocycles. The highest BCUT2D eigenvalue weighted by atomic mass is 35.5. The lowest BCUT2D eigenvalue weighted by Crippen LogP contribution is -2.40. The molecule has 180 valence electrons. The number of hydrogen-bond donors (Lipinski definition) is 1. The van der Waals surface area contributed by atoms with Gasteiger partial charge in [-0.25, -0.2) is 8.42 Å². The summed E-state index contributed by atoms with van der Waals surface area (Å²) in [5.74, 6) is 0.528. The van der Waals surface area contributed by atoms with E-state index in [1.54, 1.807) is 30.3 Å². The van der Waals surface area contributed by atoms with E-state index in [0.717, 1.165) is 15.6 Å². The number of carbonyl (C=O) groups excluding carboxylic acids is 1. The third-order valence-electron chi connectivity index (χ3n) is 4.81. The molecular weight excluding hydrogens is 476 g/mol. The fraction of sp³-hybridized carbons (Fsp3) is 0.240. The molecule has 34 heavy (non-hydrogen) atoms. The monoisotopic (exact) mass is 502 g/mol. The molecule has 3 rings (SSSR count). The van der Waals surface area contributed by atoms with Gasteiger partial charge in [0.15, 0.2) is 0 Å². The van der Waals surface area contributed by atoms with Crippen LogP contribution in [0.25, 0.3) is 0 Å². The Morgan fingerprint density at radius 3 is 2.32 bits per heavy atom. The van der Waals surface area contributed by atoms with Crippen molar-refractivity contribution in [2.45, 2.75) is 31.4 Å². The molecule has 0 saturated carbocycles. The molecule has 0 heterocycles. The predicted molar refractivity (Wildman–Crippen MR) is 133 cm³/mol. The molecule has 1 amide bonds. The molecule has 0 aliphatic carbocycles. The van der Waals surface area contributed by atoms with E-state index >= 15 is 0 Å². The number of benzene rings is 3. The number of amides is 1. The fourth-order valence-electron chi connectivity index (χ4n) is 3.22. The van der Waals surface area contributed by atoms with Crippen LogP contribution in [0.2, 0.25) is 5.02 Å². The van der Waals surface area contributed by atoms with Crippen LogP contribution in [0, 0.1) is 0 Å². The van der Waals surface area contributed by atoms with Crippen LogP contribution in [0.15, 0.2) is 77.7 Å². The highest BCUT2D eigenvalue weighted by Gasteiger charge is 2.29. The smallest absolute Gasteiger partial charge is 0.264 e. The summed E-state index contributed by atoms with van der Waals surface area (Å²) in [6.07, 6.45) is 0.0616. The first kappa shape index (κ1) is 25.4. The summed E-state index contributed by atoms with van der Waals surface area (Å²) in [6.45, 7) is 3.66. The molecule has 0 radical (unpaired) electrons. The number of carbonyl (C=O) groups is 1. The number of ether oxygens (including phenoxy) is 2. The van der Waals surface area contributed by atoms with Gasteiger partial charge in [0.25, 0.3) is 10.0 Å². The molecule has 7 nitrogen and oxygen atoms in total.